The fourth-order valence-electron chi connectivity index (χ4n) is 4.52. The minimum absolute atomic E-state index is 0.0589. The van der Waals surface area contributed by atoms with Gasteiger partial charge >= 0.3 is 0 Å². The number of carbonyl (C=O) groups is 1. The number of H-pyrrole nitrogens is 1. The van der Waals surface area contributed by atoms with Crippen LogP contribution >= 0.6 is 0 Å². The molecule has 1 amide bonds. The third-order valence-electron chi connectivity index (χ3n) is 6.21. The number of benzene rings is 2. The molecule has 1 unspecified atom stereocenters. The number of nitrogens with two attached hydrogens (primary N) is 1. The van der Waals surface area contributed by atoms with E-state index in [0.29, 0.717) is 23.7 Å². The molecule has 7 heteroatoms. The number of hydrogen-bond donors (Lipinski definition) is 3. The zero-order chi connectivity index (χ0) is 24.4. The first-order valence-electron chi connectivity index (χ1n) is 10.9. The van der Waals surface area contributed by atoms with Crippen LogP contribution in [0.5, 0.6) is 23.0 Å². The summed E-state index contributed by atoms with van der Waals surface area (Å²) in [7, 11) is 4.59. The molecular weight excluding hydrogens is 432 g/mol. The molecule has 0 aliphatic heterocycles. The molecule has 1 aliphatic carbocycles. The third-order valence-corrected chi connectivity index (χ3v) is 6.21. The van der Waals surface area contributed by atoms with Crippen LogP contribution in [0, 0.1) is 5.92 Å². The van der Waals surface area contributed by atoms with Crippen molar-refractivity contribution < 1.29 is 24.1 Å². The summed E-state index contributed by atoms with van der Waals surface area (Å²) in [5.41, 5.74) is 12.3. The minimum Gasteiger partial charge on any atom is -0.502 e. The minimum atomic E-state index is -0.528. The van der Waals surface area contributed by atoms with E-state index in [1.807, 2.05) is 49.5 Å². The lowest BCUT2D eigenvalue weighted by molar-refractivity contribution is -0.120. The molecule has 2 aromatic carbocycles. The summed E-state index contributed by atoms with van der Waals surface area (Å²) in [4.78, 5) is 15.8. The number of rotatable bonds is 8. The van der Waals surface area contributed by atoms with E-state index in [0.717, 1.165) is 39.1 Å². The predicted molar refractivity (Wildman–Crippen MR) is 132 cm³/mol. The van der Waals surface area contributed by atoms with Crippen molar-refractivity contribution in [1.29, 1.82) is 0 Å². The van der Waals surface area contributed by atoms with E-state index in [9.17, 15) is 9.90 Å². The number of phenols is 1. The van der Waals surface area contributed by atoms with Crippen molar-refractivity contribution in [3.05, 3.63) is 76.6 Å². The Morgan fingerprint density at radius 3 is 2.32 bits per heavy atom. The summed E-state index contributed by atoms with van der Waals surface area (Å²) >= 11 is 0. The third kappa shape index (κ3) is 4.12. The number of phenolic OH excluding ortho intramolecular Hbond substituents is 1. The van der Waals surface area contributed by atoms with Gasteiger partial charge in [0.2, 0.25) is 11.7 Å². The number of aromatic nitrogens is 1. The van der Waals surface area contributed by atoms with Gasteiger partial charge in [0.15, 0.2) is 11.5 Å². The van der Waals surface area contributed by atoms with E-state index in [1.54, 1.807) is 19.2 Å². The predicted octanol–water partition coefficient (Wildman–Crippen LogP) is 4.42. The lowest BCUT2D eigenvalue weighted by Crippen LogP contribution is -2.26. The average Bonchev–Trinajstić information content (AvgIpc) is 3.44. The number of methoxy groups -OCH3 is 3. The molecule has 0 fully saturated rings. The lowest BCUT2D eigenvalue weighted by Gasteiger charge is -2.17. The molecule has 0 saturated carbocycles. The van der Waals surface area contributed by atoms with E-state index < -0.39 is 11.8 Å². The summed E-state index contributed by atoms with van der Waals surface area (Å²) < 4.78 is 16.1. The Morgan fingerprint density at radius 1 is 1.06 bits per heavy atom. The molecule has 34 heavy (non-hydrogen) atoms. The number of allylic oxidation sites excluding steroid dienone is 2. The number of aromatic hydroxyl groups is 1. The Kier molecular flexibility index (Phi) is 6.36. The fraction of sp³-hybridized carbons (Fsp3) is 0.222. The number of amides is 1. The molecule has 0 saturated heterocycles. The van der Waals surface area contributed by atoms with Crippen molar-refractivity contribution >= 4 is 23.1 Å². The first-order valence-corrected chi connectivity index (χ1v) is 10.9. The summed E-state index contributed by atoms with van der Waals surface area (Å²) in [6, 6.07) is 13.1. The van der Waals surface area contributed by atoms with Gasteiger partial charge in [-0.3, -0.25) is 4.79 Å². The second-order valence-corrected chi connectivity index (χ2v) is 8.14. The Hall–Kier alpha value is -4.13. The van der Waals surface area contributed by atoms with Crippen molar-refractivity contribution in [3.63, 3.8) is 0 Å². The van der Waals surface area contributed by atoms with Crippen molar-refractivity contribution in [2.75, 3.05) is 21.3 Å². The second-order valence-electron chi connectivity index (χ2n) is 8.14. The molecule has 1 aromatic heterocycles. The Bertz CT molecular complexity index is 1260. The smallest absolute Gasteiger partial charge is 0.225 e. The zero-order valence-corrected chi connectivity index (χ0v) is 19.6. The van der Waals surface area contributed by atoms with Crippen LogP contribution in [0.25, 0.3) is 17.2 Å². The topological polar surface area (TPSA) is 107 Å². The average molecular weight is 461 g/mol. The SMILES string of the molecule is COc1ccc2c(c1)C(C(Cc1ccc[nH]1)C(N)=O)=C(C)C2=Cc1cc(OC)c(O)c(OC)c1. The normalized spacial score (nSPS) is 14.8. The van der Waals surface area contributed by atoms with Crippen LogP contribution in [-0.2, 0) is 11.2 Å². The second kappa shape index (κ2) is 9.39. The quantitative estimate of drug-likeness (QED) is 0.461. The van der Waals surface area contributed by atoms with Crippen LogP contribution in [0.3, 0.4) is 0 Å². The van der Waals surface area contributed by atoms with Crippen LogP contribution in [0.15, 0.2) is 54.2 Å². The first-order chi connectivity index (χ1) is 16.4. The van der Waals surface area contributed by atoms with Gasteiger partial charge in [0.25, 0.3) is 0 Å². The van der Waals surface area contributed by atoms with E-state index in [1.165, 1.54) is 14.2 Å². The molecule has 0 radical (unpaired) electrons. The van der Waals surface area contributed by atoms with Gasteiger partial charge < -0.3 is 30.0 Å². The highest BCUT2D eigenvalue weighted by molar-refractivity contribution is 6.09. The van der Waals surface area contributed by atoms with Crippen molar-refractivity contribution in [1.82, 2.24) is 4.98 Å². The van der Waals surface area contributed by atoms with E-state index >= 15 is 0 Å². The number of fused-ring (bicyclic) bond motifs is 1. The van der Waals surface area contributed by atoms with Crippen molar-refractivity contribution in [2.24, 2.45) is 11.7 Å². The van der Waals surface area contributed by atoms with Crippen LogP contribution in [0.4, 0.5) is 0 Å². The molecule has 0 spiro atoms. The Labute approximate surface area is 198 Å². The summed E-state index contributed by atoms with van der Waals surface area (Å²) in [5, 5.41) is 10.3. The fourth-order valence-corrected chi connectivity index (χ4v) is 4.52. The van der Waals surface area contributed by atoms with E-state index in [2.05, 4.69) is 4.98 Å². The highest BCUT2D eigenvalue weighted by Crippen LogP contribution is 2.48. The van der Waals surface area contributed by atoms with Gasteiger partial charge in [-0.05, 0) is 82.8 Å². The molecular formula is C27H28N2O5. The van der Waals surface area contributed by atoms with Crippen molar-refractivity contribution in [2.45, 2.75) is 13.3 Å². The van der Waals surface area contributed by atoms with Crippen LogP contribution in [0.2, 0.25) is 0 Å². The van der Waals surface area contributed by atoms with Gasteiger partial charge in [0.05, 0.1) is 27.2 Å². The molecule has 0 bridgehead atoms. The highest BCUT2D eigenvalue weighted by atomic mass is 16.5. The van der Waals surface area contributed by atoms with Crippen LogP contribution in [0.1, 0.15) is 29.3 Å². The maximum atomic E-state index is 12.7. The molecule has 7 nitrogen and oxygen atoms in total. The van der Waals surface area contributed by atoms with Crippen LogP contribution < -0.4 is 19.9 Å². The molecule has 176 valence electrons. The maximum Gasteiger partial charge on any atom is 0.225 e. The molecule has 4 rings (SSSR count). The summed E-state index contributed by atoms with van der Waals surface area (Å²) in [6.45, 7) is 1.99. The van der Waals surface area contributed by atoms with Crippen LogP contribution in [-0.4, -0.2) is 37.3 Å². The number of hydrogen-bond acceptors (Lipinski definition) is 5. The van der Waals surface area contributed by atoms with Gasteiger partial charge in [0, 0.05) is 18.3 Å². The van der Waals surface area contributed by atoms with Gasteiger partial charge in [-0.1, -0.05) is 6.07 Å². The number of ether oxygens (including phenoxy) is 3. The Balaban J connectivity index is 1.91. The van der Waals surface area contributed by atoms with Gasteiger partial charge in [-0.25, -0.2) is 0 Å². The lowest BCUT2D eigenvalue weighted by atomic mass is 9.88. The van der Waals surface area contributed by atoms with Gasteiger partial charge in [-0.15, -0.1) is 0 Å². The zero-order valence-electron chi connectivity index (χ0n) is 19.6. The summed E-state index contributed by atoms with van der Waals surface area (Å²) in [5.74, 6) is 0.328. The monoisotopic (exact) mass is 460 g/mol. The maximum absolute atomic E-state index is 12.7. The number of aromatic amines is 1. The molecule has 1 aliphatic rings. The van der Waals surface area contributed by atoms with Gasteiger partial charge in [-0.2, -0.15) is 0 Å². The molecule has 3 aromatic rings. The highest BCUT2D eigenvalue weighted by Gasteiger charge is 2.33. The standard InChI is InChI=1S/C27H28N2O5/c1-15-20(10-16-11-23(33-3)26(30)24(12-16)34-4)19-8-7-18(32-2)14-21(19)25(15)22(27(28)31)13-17-6-5-9-29-17/h5-12,14,22,29-30H,13H2,1-4H3,(H2,28,31). The van der Waals surface area contributed by atoms with Crippen molar-refractivity contribution in [3.8, 4) is 23.0 Å². The number of primary amides is 1. The van der Waals surface area contributed by atoms with E-state index in [4.69, 9.17) is 19.9 Å². The van der Waals surface area contributed by atoms with E-state index in [-0.39, 0.29) is 5.75 Å². The molecule has 1 atom stereocenters. The number of carbonyl (C=O) groups excluding carboxylic acids is 1. The molecule has 4 N–H and O–H groups in total. The Morgan fingerprint density at radius 2 is 1.76 bits per heavy atom. The largest absolute Gasteiger partial charge is 0.502 e. The van der Waals surface area contributed by atoms with Gasteiger partial charge in [0.1, 0.15) is 5.75 Å². The first kappa shape index (κ1) is 23.0. The summed E-state index contributed by atoms with van der Waals surface area (Å²) in [6.07, 6.45) is 4.28. The molecule has 1 heterocycles. The number of nitrogens with one attached hydrogen (secondary N) is 1.